The van der Waals surface area contributed by atoms with Crippen LogP contribution >= 0.6 is 11.8 Å². The van der Waals surface area contributed by atoms with E-state index in [1.807, 2.05) is 25.2 Å². The Hall–Kier alpha value is -1.74. The number of hydrogen-bond donors (Lipinski definition) is 0. The lowest BCUT2D eigenvalue weighted by atomic mass is 9.99. The first-order valence-electron chi connectivity index (χ1n) is 6.74. The topological polar surface area (TPSA) is 20.3 Å². The summed E-state index contributed by atoms with van der Waals surface area (Å²) in [6.45, 7) is 2.10. The zero-order valence-corrected chi connectivity index (χ0v) is 12.5. The largest absolute Gasteiger partial charge is 0.315 e. The highest BCUT2D eigenvalue weighted by Crippen LogP contribution is 2.45. The zero-order chi connectivity index (χ0) is 14.1. The molecule has 2 nitrogen and oxygen atoms in total. The maximum Gasteiger partial charge on any atom is 0.228 e. The van der Waals surface area contributed by atoms with Gasteiger partial charge in [0.2, 0.25) is 5.91 Å². The Morgan fingerprint density at radius 3 is 2.65 bits per heavy atom. The summed E-state index contributed by atoms with van der Waals surface area (Å²) in [6, 6.07) is 16.6. The van der Waals surface area contributed by atoms with Gasteiger partial charge < -0.3 is 4.90 Å². The average Bonchev–Trinajstić information content (AvgIpc) is 2.45. The van der Waals surface area contributed by atoms with Crippen LogP contribution in [0.1, 0.15) is 22.8 Å². The summed E-state index contributed by atoms with van der Waals surface area (Å²) in [4.78, 5) is 15.1. The van der Waals surface area contributed by atoms with Crippen molar-refractivity contribution in [2.75, 3.05) is 11.9 Å². The van der Waals surface area contributed by atoms with Crippen LogP contribution in [0.5, 0.6) is 0 Å². The van der Waals surface area contributed by atoms with E-state index in [0.29, 0.717) is 6.42 Å². The van der Waals surface area contributed by atoms with Crippen LogP contribution in [0.2, 0.25) is 0 Å². The Labute approximate surface area is 123 Å². The number of anilines is 1. The molecule has 1 aliphatic rings. The average molecular weight is 283 g/mol. The highest BCUT2D eigenvalue weighted by Gasteiger charge is 2.29. The second-order valence-electron chi connectivity index (χ2n) is 5.14. The van der Waals surface area contributed by atoms with Crippen LogP contribution in [-0.2, 0) is 4.79 Å². The smallest absolute Gasteiger partial charge is 0.228 e. The molecular weight excluding hydrogens is 266 g/mol. The molecule has 1 amide bonds. The maximum absolute atomic E-state index is 12.2. The van der Waals surface area contributed by atoms with E-state index >= 15 is 0 Å². The highest BCUT2D eigenvalue weighted by atomic mass is 32.2. The third-order valence-electron chi connectivity index (χ3n) is 3.65. The molecule has 3 heteroatoms. The van der Waals surface area contributed by atoms with Gasteiger partial charge in [-0.15, -0.1) is 11.8 Å². The fourth-order valence-corrected chi connectivity index (χ4v) is 3.73. The second-order valence-corrected chi connectivity index (χ2v) is 6.41. The predicted molar refractivity (Wildman–Crippen MR) is 84.2 cm³/mol. The van der Waals surface area contributed by atoms with Crippen molar-refractivity contribution in [1.82, 2.24) is 0 Å². The molecule has 1 unspecified atom stereocenters. The number of amides is 1. The molecule has 0 fully saturated rings. The molecule has 1 heterocycles. The predicted octanol–water partition coefficient (Wildman–Crippen LogP) is 4.19. The molecule has 0 bridgehead atoms. The molecule has 102 valence electrons. The molecule has 0 spiro atoms. The summed E-state index contributed by atoms with van der Waals surface area (Å²) in [5, 5.41) is 0.205. The number of carbonyl (C=O) groups excluding carboxylic acids is 1. The SMILES string of the molecule is Cc1ccc2c(c1)C(Sc1ccccc1)CC(=O)N2C. The lowest BCUT2D eigenvalue weighted by Gasteiger charge is -2.31. The Bertz CT molecular complexity index is 639. The van der Waals surface area contributed by atoms with Crippen LogP contribution in [-0.4, -0.2) is 13.0 Å². The van der Waals surface area contributed by atoms with Crippen LogP contribution in [0.25, 0.3) is 0 Å². The lowest BCUT2D eigenvalue weighted by Crippen LogP contribution is -2.32. The molecular formula is C17H17NOS. The minimum absolute atomic E-state index is 0.190. The van der Waals surface area contributed by atoms with E-state index in [9.17, 15) is 4.79 Å². The summed E-state index contributed by atoms with van der Waals surface area (Å²) < 4.78 is 0. The summed E-state index contributed by atoms with van der Waals surface area (Å²) >= 11 is 1.77. The van der Waals surface area contributed by atoms with Gasteiger partial charge in [0.05, 0.1) is 0 Å². The van der Waals surface area contributed by atoms with E-state index in [1.54, 1.807) is 16.7 Å². The van der Waals surface area contributed by atoms with Gasteiger partial charge in [0, 0.05) is 29.3 Å². The highest BCUT2D eigenvalue weighted by molar-refractivity contribution is 7.99. The molecule has 0 saturated carbocycles. The van der Waals surface area contributed by atoms with Crippen molar-refractivity contribution in [2.45, 2.75) is 23.5 Å². The molecule has 1 aliphatic heterocycles. The van der Waals surface area contributed by atoms with E-state index in [-0.39, 0.29) is 11.2 Å². The molecule has 3 rings (SSSR count). The maximum atomic E-state index is 12.2. The van der Waals surface area contributed by atoms with Crippen LogP contribution in [0, 0.1) is 6.92 Å². The van der Waals surface area contributed by atoms with E-state index in [0.717, 1.165) is 5.69 Å². The van der Waals surface area contributed by atoms with Crippen molar-refractivity contribution in [3.05, 3.63) is 59.7 Å². The Morgan fingerprint density at radius 2 is 1.90 bits per heavy atom. The molecule has 0 radical (unpaired) electrons. The van der Waals surface area contributed by atoms with Gasteiger partial charge in [0.1, 0.15) is 0 Å². The minimum atomic E-state index is 0.190. The Kier molecular flexibility index (Phi) is 3.53. The van der Waals surface area contributed by atoms with Gasteiger partial charge in [-0.2, -0.15) is 0 Å². The first-order chi connectivity index (χ1) is 9.65. The number of aryl methyl sites for hydroxylation is 1. The molecule has 0 aromatic heterocycles. The van der Waals surface area contributed by atoms with Crippen LogP contribution in [0.15, 0.2) is 53.4 Å². The first kappa shape index (κ1) is 13.3. The molecule has 0 aliphatic carbocycles. The van der Waals surface area contributed by atoms with Gasteiger partial charge in [0.15, 0.2) is 0 Å². The van der Waals surface area contributed by atoms with Gasteiger partial charge in [-0.05, 0) is 30.7 Å². The summed E-state index contributed by atoms with van der Waals surface area (Å²) in [5.74, 6) is 0.190. The molecule has 1 atom stereocenters. The van der Waals surface area contributed by atoms with E-state index < -0.39 is 0 Å². The van der Waals surface area contributed by atoms with Crippen LogP contribution < -0.4 is 4.90 Å². The van der Waals surface area contributed by atoms with Crippen molar-refractivity contribution in [1.29, 1.82) is 0 Å². The number of rotatable bonds is 2. The summed E-state index contributed by atoms with van der Waals surface area (Å²) in [7, 11) is 1.86. The standard InChI is InChI=1S/C17H17NOS/c1-12-8-9-15-14(10-12)16(11-17(19)18(15)2)20-13-6-4-3-5-7-13/h3-10,16H,11H2,1-2H3. The van der Waals surface area contributed by atoms with Crippen molar-refractivity contribution in [3.63, 3.8) is 0 Å². The molecule has 0 saturated heterocycles. The van der Waals surface area contributed by atoms with Crippen molar-refractivity contribution < 1.29 is 4.79 Å². The number of nitrogens with zero attached hydrogens (tertiary/aromatic N) is 1. The summed E-state index contributed by atoms with van der Waals surface area (Å²) in [5.41, 5.74) is 3.55. The van der Waals surface area contributed by atoms with Gasteiger partial charge >= 0.3 is 0 Å². The normalized spacial score (nSPS) is 18.0. The Balaban J connectivity index is 1.98. The van der Waals surface area contributed by atoms with Crippen LogP contribution in [0.4, 0.5) is 5.69 Å². The first-order valence-corrected chi connectivity index (χ1v) is 7.62. The van der Waals surface area contributed by atoms with Crippen molar-refractivity contribution in [2.24, 2.45) is 0 Å². The quantitative estimate of drug-likeness (QED) is 0.823. The number of hydrogen-bond acceptors (Lipinski definition) is 2. The second kappa shape index (κ2) is 5.33. The monoisotopic (exact) mass is 283 g/mol. The van der Waals surface area contributed by atoms with Gasteiger partial charge in [0.25, 0.3) is 0 Å². The van der Waals surface area contributed by atoms with Crippen LogP contribution in [0.3, 0.4) is 0 Å². The molecule has 2 aromatic rings. The van der Waals surface area contributed by atoms with Gasteiger partial charge in [-0.25, -0.2) is 0 Å². The third-order valence-corrected chi connectivity index (χ3v) is 4.90. The molecule has 2 aromatic carbocycles. The number of carbonyl (C=O) groups is 1. The minimum Gasteiger partial charge on any atom is -0.315 e. The van der Waals surface area contributed by atoms with Gasteiger partial charge in [-0.1, -0.05) is 35.9 Å². The van der Waals surface area contributed by atoms with Gasteiger partial charge in [-0.3, -0.25) is 4.79 Å². The lowest BCUT2D eigenvalue weighted by molar-refractivity contribution is -0.118. The number of fused-ring (bicyclic) bond motifs is 1. The zero-order valence-electron chi connectivity index (χ0n) is 11.7. The van der Waals surface area contributed by atoms with E-state index in [2.05, 4.69) is 37.3 Å². The molecule has 20 heavy (non-hydrogen) atoms. The number of benzene rings is 2. The number of thioether (sulfide) groups is 1. The third kappa shape index (κ3) is 2.46. The fourth-order valence-electron chi connectivity index (χ4n) is 2.55. The van der Waals surface area contributed by atoms with Crippen molar-refractivity contribution >= 4 is 23.4 Å². The molecule has 0 N–H and O–H groups in total. The van der Waals surface area contributed by atoms with E-state index in [1.165, 1.54) is 16.0 Å². The van der Waals surface area contributed by atoms with E-state index in [4.69, 9.17) is 0 Å². The van der Waals surface area contributed by atoms with Crippen molar-refractivity contribution in [3.8, 4) is 0 Å². The summed E-state index contributed by atoms with van der Waals surface area (Å²) in [6.07, 6.45) is 0.562. The fraction of sp³-hybridized carbons (Fsp3) is 0.235. The Morgan fingerprint density at radius 1 is 1.15 bits per heavy atom.